The number of esters is 3. The third-order valence-corrected chi connectivity index (χ3v) is 4.23. The maximum atomic E-state index is 12.9. The Morgan fingerprint density at radius 2 is 1.57 bits per heavy atom. The number of cyclic esters (lactones) is 1. The predicted octanol–water partition coefficient (Wildman–Crippen LogP) is -0.445. The monoisotopic (exact) mass is 404 g/mol. The SMILES string of the molecule is CC(C)(C)OC(=O)C1OC(=O)C2(OC(C)(O)CC2O)C1(O)C(=O)OC(C)(C)C. The molecule has 5 unspecified atom stereocenters. The molecule has 28 heavy (non-hydrogen) atoms. The van der Waals surface area contributed by atoms with E-state index in [0.29, 0.717) is 0 Å². The average Bonchev–Trinajstić information content (AvgIpc) is 2.82. The van der Waals surface area contributed by atoms with Crippen LogP contribution >= 0.6 is 0 Å². The third kappa shape index (κ3) is 3.61. The van der Waals surface area contributed by atoms with Crippen molar-refractivity contribution in [3.63, 3.8) is 0 Å². The van der Waals surface area contributed by atoms with Crippen LogP contribution in [0.4, 0.5) is 0 Å². The molecule has 160 valence electrons. The summed E-state index contributed by atoms with van der Waals surface area (Å²) in [5, 5.41) is 32.0. The zero-order valence-electron chi connectivity index (χ0n) is 17.1. The van der Waals surface area contributed by atoms with E-state index in [1.54, 1.807) is 0 Å². The molecule has 0 amide bonds. The van der Waals surface area contributed by atoms with Crippen LogP contribution < -0.4 is 0 Å². The highest BCUT2D eigenvalue weighted by Crippen LogP contribution is 2.51. The van der Waals surface area contributed by atoms with Gasteiger partial charge in [-0.1, -0.05) is 0 Å². The van der Waals surface area contributed by atoms with Gasteiger partial charge in [-0.3, -0.25) is 0 Å². The van der Waals surface area contributed by atoms with Gasteiger partial charge in [0.2, 0.25) is 11.7 Å². The molecule has 2 fully saturated rings. The van der Waals surface area contributed by atoms with E-state index >= 15 is 0 Å². The Bertz CT molecular complexity index is 685. The molecule has 0 aromatic heterocycles. The van der Waals surface area contributed by atoms with E-state index in [0.717, 1.165) is 6.92 Å². The molecule has 0 radical (unpaired) electrons. The van der Waals surface area contributed by atoms with Crippen molar-refractivity contribution in [2.24, 2.45) is 0 Å². The number of aliphatic hydroxyl groups is 3. The Labute approximate surface area is 162 Å². The average molecular weight is 404 g/mol. The number of rotatable bonds is 2. The van der Waals surface area contributed by atoms with Gasteiger partial charge in [0.15, 0.2) is 5.79 Å². The van der Waals surface area contributed by atoms with Gasteiger partial charge in [0, 0.05) is 6.42 Å². The molecule has 2 heterocycles. The third-order valence-electron chi connectivity index (χ3n) is 4.23. The zero-order valence-corrected chi connectivity index (χ0v) is 17.1. The molecule has 5 atom stereocenters. The van der Waals surface area contributed by atoms with E-state index in [9.17, 15) is 29.7 Å². The first-order chi connectivity index (χ1) is 12.4. The molecule has 2 rings (SSSR count). The molecule has 0 saturated carbocycles. The van der Waals surface area contributed by atoms with Gasteiger partial charge in [0.05, 0.1) is 0 Å². The van der Waals surface area contributed by atoms with Crippen molar-refractivity contribution < 1.29 is 48.7 Å². The predicted molar refractivity (Wildman–Crippen MR) is 91.6 cm³/mol. The summed E-state index contributed by atoms with van der Waals surface area (Å²) in [4.78, 5) is 38.2. The topological polar surface area (TPSA) is 149 Å². The summed E-state index contributed by atoms with van der Waals surface area (Å²) in [6.45, 7) is 10.3. The van der Waals surface area contributed by atoms with Crippen LogP contribution in [0.5, 0.6) is 0 Å². The standard InChI is InChI=1S/C18H28O10/c1-14(2,3)26-11(20)10-17(24,12(21)27-15(4,5)6)18(13(22)25-10)9(19)8-16(7,23)28-18/h9-10,19,23-24H,8H2,1-7H3. The van der Waals surface area contributed by atoms with Crippen LogP contribution in [0.3, 0.4) is 0 Å². The summed E-state index contributed by atoms with van der Waals surface area (Å²) >= 11 is 0. The lowest BCUT2D eigenvalue weighted by Crippen LogP contribution is -2.69. The van der Waals surface area contributed by atoms with Gasteiger partial charge < -0.3 is 34.3 Å². The number of carbonyl (C=O) groups excluding carboxylic acids is 3. The fourth-order valence-electron chi connectivity index (χ4n) is 3.29. The molecule has 10 nitrogen and oxygen atoms in total. The fourth-order valence-corrected chi connectivity index (χ4v) is 3.29. The summed E-state index contributed by atoms with van der Waals surface area (Å²) < 4.78 is 20.6. The highest BCUT2D eigenvalue weighted by Gasteiger charge is 2.82. The first-order valence-corrected chi connectivity index (χ1v) is 8.86. The van der Waals surface area contributed by atoms with E-state index in [1.807, 2.05) is 0 Å². The zero-order chi connectivity index (χ0) is 21.9. The first-order valence-electron chi connectivity index (χ1n) is 8.86. The molecule has 10 heteroatoms. The molecular weight excluding hydrogens is 376 g/mol. The Morgan fingerprint density at radius 3 is 1.96 bits per heavy atom. The molecule has 0 aromatic carbocycles. The maximum Gasteiger partial charge on any atom is 0.351 e. The lowest BCUT2D eigenvalue weighted by atomic mass is 9.77. The lowest BCUT2D eigenvalue weighted by molar-refractivity contribution is -0.260. The lowest BCUT2D eigenvalue weighted by Gasteiger charge is -2.38. The largest absolute Gasteiger partial charge is 0.458 e. The number of carbonyl (C=O) groups is 3. The Morgan fingerprint density at radius 1 is 1.07 bits per heavy atom. The number of hydrogen-bond donors (Lipinski definition) is 3. The van der Waals surface area contributed by atoms with Crippen LogP contribution in [0.25, 0.3) is 0 Å². The van der Waals surface area contributed by atoms with E-state index in [4.69, 9.17) is 18.9 Å². The molecule has 3 N–H and O–H groups in total. The Hall–Kier alpha value is -1.75. The second-order valence-electron chi connectivity index (χ2n) is 9.32. The van der Waals surface area contributed by atoms with Crippen molar-refractivity contribution >= 4 is 17.9 Å². The van der Waals surface area contributed by atoms with Crippen molar-refractivity contribution in [2.45, 2.75) is 95.3 Å². The second-order valence-corrected chi connectivity index (χ2v) is 9.32. The van der Waals surface area contributed by atoms with Gasteiger partial charge >= 0.3 is 17.9 Å². The molecular formula is C18H28O10. The normalized spacial score (nSPS) is 38.4. The van der Waals surface area contributed by atoms with E-state index < -0.39 is 64.7 Å². The second kappa shape index (κ2) is 6.38. The minimum absolute atomic E-state index is 0.520. The van der Waals surface area contributed by atoms with Crippen LogP contribution in [0.1, 0.15) is 54.9 Å². The van der Waals surface area contributed by atoms with Crippen molar-refractivity contribution in [1.29, 1.82) is 0 Å². The minimum Gasteiger partial charge on any atom is -0.458 e. The molecule has 2 aliphatic rings. The fraction of sp³-hybridized carbons (Fsp3) is 0.833. The summed E-state index contributed by atoms with van der Waals surface area (Å²) in [6, 6.07) is 0. The number of ether oxygens (including phenoxy) is 4. The van der Waals surface area contributed by atoms with E-state index in [1.165, 1.54) is 41.5 Å². The highest BCUT2D eigenvalue weighted by molar-refractivity contribution is 6.03. The summed E-state index contributed by atoms with van der Waals surface area (Å²) in [5.74, 6) is -6.12. The van der Waals surface area contributed by atoms with Crippen LogP contribution in [0.15, 0.2) is 0 Å². The number of aliphatic hydroxyl groups excluding tert-OH is 1. The highest BCUT2D eigenvalue weighted by atomic mass is 16.7. The van der Waals surface area contributed by atoms with Gasteiger partial charge in [0.25, 0.3) is 5.60 Å². The van der Waals surface area contributed by atoms with Crippen molar-refractivity contribution in [3.05, 3.63) is 0 Å². The minimum atomic E-state index is -3.10. The first kappa shape index (κ1) is 22.5. The van der Waals surface area contributed by atoms with Crippen molar-refractivity contribution in [3.8, 4) is 0 Å². The van der Waals surface area contributed by atoms with Crippen LogP contribution in [0, 0.1) is 0 Å². The molecule has 2 aliphatic heterocycles. The quantitative estimate of drug-likeness (QED) is 0.408. The Kier molecular flexibility index (Phi) is 5.13. The van der Waals surface area contributed by atoms with Gasteiger partial charge in [-0.25, -0.2) is 14.4 Å². The summed E-state index contributed by atoms with van der Waals surface area (Å²) in [7, 11) is 0. The molecule has 2 saturated heterocycles. The molecule has 0 aliphatic carbocycles. The van der Waals surface area contributed by atoms with Crippen molar-refractivity contribution in [1.82, 2.24) is 0 Å². The maximum absolute atomic E-state index is 12.9. The molecule has 1 spiro atoms. The molecule has 0 aromatic rings. The summed E-state index contributed by atoms with van der Waals surface area (Å²) in [5.41, 5.74) is -8.01. The van der Waals surface area contributed by atoms with E-state index in [2.05, 4.69) is 0 Å². The molecule has 0 bridgehead atoms. The van der Waals surface area contributed by atoms with Crippen molar-refractivity contribution in [2.75, 3.05) is 0 Å². The smallest absolute Gasteiger partial charge is 0.351 e. The van der Waals surface area contributed by atoms with Gasteiger partial charge in [-0.2, -0.15) is 0 Å². The number of hydrogen-bond acceptors (Lipinski definition) is 10. The van der Waals surface area contributed by atoms with Gasteiger partial charge in [0.1, 0.15) is 17.3 Å². The van der Waals surface area contributed by atoms with Crippen LogP contribution in [-0.2, 0) is 33.3 Å². The van der Waals surface area contributed by atoms with Crippen LogP contribution in [-0.4, -0.2) is 73.6 Å². The Balaban J connectivity index is 2.61. The van der Waals surface area contributed by atoms with Crippen LogP contribution in [0.2, 0.25) is 0 Å². The van der Waals surface area contributed by atoms with Gasteiger partial charge in [-0.15, -0.1) is 0 Å². The summed E-state index contributed by atoms with van der Waals surface area (Å²) in [6.07, 6.45) is -4.55. The van der Waals surface area contributed by atoms with Gasteiger partial charge in [-0.05, 0) is 48.5 Å². The van der Waals surface area contributed by atoms with E-state index in [-0.39, 0.29) is 0 Å².